The number of aromatic hydroxyl groups is 1. The first-order valence-corrected chi connectivity index (χ1v) is 8.80. The van der Waals surface area contributed by atoms with Crippen LogP contribution in [0.5, 0.6) is 17.2 Å². The summed E-state index contributed by atoms with van der Waals surface area (Å²) in [4.78, 5) is 12.3. The van der Waals surface area contributed by atoms with Gasteiger partial charge in [0.2, 0.25) is 6.10 Å². The van der Waals surface area contributed by atoms with E-state index in [1.54, 1.807) is 12.1 Å². The molecule has 2 aromatic rings. The molecule has 0 radical (unpaired) electrons. The van der Waals surface area contributed by atoms with Crippen molar-refractivity contribution in [1.29, 1.82) is 0 Å². The number of aryl methyl sites for hydroxylation is 1. The number of ether oxygens (including phenoxy) is 2. The molecule has 27 heavy (non-hydrogen) atoms. The van der Waals surface area contributed by atoms with Crippen LogP contribution in [0.15, 0.2) is 41.5 Å². The Morgan fingerprint density at radius 2 is 2.00 bits per heavy atom. The molecule has 1 aliphatic rings. The molecule has 1 amide bonds. The van der Waals surface area contributed by atoms with Gasteiger partial charge in [0, 0.05) is 5.56 Å². The van der Waals surface area contributed by atoms with Crippen LogP contribution in [0.4, 0.5) is 0 Å². The number of nitrogens with zero attached hydrogens (tertiary/aromatic N) is 1. The minimum atomic E-state index is -0.795. The van der Waals surface area contributed by atoms with Gasteiger partial charge in [-0.2, -0.15) is 5.10 Å². The van der Waals surface area contributed by atoms with Crippen molar-refractivity contribution in [3.63, 3.8) is 0 Å². The number of amides is 1. The summed E-state index contributed by atoms with van der Waals surface area (Å²) in [6.45, 7) is 8.32. The van der Waals surface area contributed by atoms with Crippen LogP contribution in [0.3, 0.4) is 0 Å². The van der Waals surface area contributed by atoms with E-state index in [1.165, 1.54) is 6.21 Å². The van der Waals surface area contributed by atoms with E-state index in [1.807, 2.05) is 31.2 Å². The fourth-order valence-corrected chi connectivity index (χ4v) is 2.67. The fraction of sp³-hybridized carbons (Fsp3) is 0.333. The van der Waals surface area contributed by atoms with Gasteiger partial charge in [0.25, 0.3) is 5.91 Å². The minimum absolute atomic E-state index is 0.0338. The Labute approximate surface area is 158 Å². The Kier molecular flexibility index (Phi) is 5.08. The highest BCUT2D eigenvalue weighted by molar-refractivity contribution is 5.86. The molecule has 6 nitrogen and oxygen atoms in total. The quantitative estimate of drug-likeness (QED) is 0.644. The highest BCUT2D eigenvalue weighted by atomic mass is 16.6. The first kappa shape index (κ1) is 18.8. The van der Waals surface area contributed by atoms with E-state index in [4.69, 9.17) is 9.47 Å². The number of carbonyl (C=O) groups is 1. The maximum atomic E-state index is 12.3. The molecule has 0 fully saturated rings. The molecule has 3 rings (SSSR count). The second-order valence-corrected chi connectivity index (χ2v) is 7.63. The van der Waals surface area contributed by atoms with Crippen LogP contribution < -0.4 is 14.9 Å². The summed E-state index contributed by atoms with van der Waals surface area (Å²) >= 11 is 0. The number of nitrogens with one attached hydrogen (secondary N) is 1. The van der Waals surface area contributed by atoms with Crippen LogP contribution in [0.25, 0.3) is 0 Å². The lowest BCUT2D eigenvalue weighted by Crippen LogP contribution is -2.42. The third kappa shape index (κ3) is 4.39. The largest absolute Gasteiger partial charge is 0.507 e. The van der Waals surface area contributed by atoms with Gasteiger partial charge in [0.15, 0.2) is 11.5 Å². The Balaban J connectivity index is 1.66. The number of rotatable bonds is 3. The summed E-state index contributed by atoms with van der Waals surface area (Å²) in [5.74, 6) is 0.868. The van der Waals surface area contributed by atoms with Crippen molar-refractivity contribution >= 4 is 12.1 Å². The van der Waals surface area contributed by atoms with Crippen LogP contribution >= 0.6 is 0 Å². The minimum Gasteiger partial charge on any atom is -0.507 e. The van der Waals surface area contributed by atoms with Crippen LogP contribution in [0.1, 0.15) is 37.5 Å². The molecular weight excluding hydrogens is 344 g/mol. The van der Waals surface area contributed by atoms with Gasteiger partial charge in [-0.3, -0.25) is 4.79 Å². The predicted octanol–water partition coefficient (Wildman–Crippen LogP) is 3.29. The molecule has 142 valence electrons. The zero-order valence-electron chi connectivity index (χ0n) is 15.9. The van der Waals surface area contributed by atoms with Crippen LogP contribution in [-0.2, 0) is 10.2 Å². The molecule has 1 aliphatic heterocycles. The summed E-state index contributed by atoms with van der Waals surface area (Å²) < 4.78 is 11.5. The monoisotopic (exact) mass is 368 g/mol. The predicted molar refractivity (Wildman–Crippen MR) is 104 cm³/mol. The molecule has 0 saturated carbocycles. The Hall–Kier alpha value is -3.02. The van der Waals surface area contributed by atoms with Crippen LogP contribution in [0, 0.1) is 6.92 Å². The lowest BCUT2D eigenvalue weighted by atomic mass is 9.87. The third-order valence-electron chi connectivity index (χ3n) is 4.33. The van der Waals surface area contributed by atoms with Gasteiger partial charge in [-0.1, -0.05) is 32.9 Å². The number of hydrogen-bond acceptors (Lipinski definition) is 5. The third-order valence-corrected chi connectivity index (χ3v) is 4.33. The van der Waals surface area contributed by atoms with Gasteiger partial charge in [0.1, 0.15) is 12.4 Å². The second kappa shape index (κ2) is 7.31. The normalized spacial score (nSPS) is 16.4. The molecule has 6 heteroatoms. The first-order valence-electron chi connectivity index (χ1n) is 8.80. The molecule has 0 bridgehead atoms. The lowest BCUT2D eigenvalue weighted by molar-refractivity contribution is -0.130. The van der Waals surface area contributed by atoms with Crippen molar-refractivity contribution in [1.82, 2.24) is 5.43 Å². The smallest absolute Gasteiger partial charge is 0.284 e. The van der Waals surface area contributed by atoms with Crippen molar-refractivity contribution in [2.45, 2.75) is 39.2 Å². The summed E-state index contributed by atoms with van der Waals surface area (Å²) in [6, 6.07) is 11.0. The number of carbonyl (C=O) groups excluding carboxylic acids is 1. The van der Waals surface area contributed by atoms with Gasteiger partial charge < -0.3 is 14.6 Å². The number of fused-ring (bicyclic) bond motifs is 1. The zero-order chi connectivity index (χ0) is 19.6. The van der Waals surface area contributed by atoms with E-state index in [9.17, 15) is 9.90 Å². The molecule has 0 spiro atoms. The van der Waals surface area contributed by atoms with Crippen molar-refractivity contribution in [2.24, 2.45) is 5.10 Å². The highest BCUT2D eigenvalue weighted by Crippen LogP contribution is 2.36. The molecule has 1 unspecified atom stereocenters. The summed E-state index contributed by atoms with van der Waals surface area (Å²) in [7, 11) is 0. The van der Waals surface area contributed by atoms with Gasteiger partial charge in [-0.15, -0.1) is 0 Å². The summed E-state index contributed by atoms with van der Waals surface area (Å²) in [6.07, 6.45) is 0.596. The van der Waals surface area contributed by atoms with Gasteiger partial charge in [-0.25, -0.2) is 5.43 Å². The molecule has 0 aliphatic carbocycles. The molecule has 0 saturated heterocycles. The van der Waals surface area contributed by atoms with Crippen LogP contribution in [-0.4, -0.2) is 29.9 Å². The molecular formula is C21H24N2O4. The van der Waals surface area contributed by atoms with E-state index in [2.05, 4.69) is 31.3 Å². The molecule has 1 atom stereocenters. The molecule has 1 heterocycles. The maximum absolute atomic E-state index is 12.3. The van der Waals surface area contributed by atoms with Crippen molar-refractivity contribution in [3.8, 4) is 17.2 Å². The van der Waals surface area contributed by atoms with Crippen LogP contribution in [0.2, 0.25) is 0 Å². The van der Waals surface area contributed by atoms with E-state index in [-0.39, 0.29) is 17.8 Å². The maximum Gasteiger partial charge on any atom is 0.284 e. The Morgan fingerprint density at radius 3 is 2.70 bits per heavy atom. The van der Waals surface area contributed by atoms with Gasteiger partial charge >= 0.3 is 0 Å². The standard InChI is InChI=1S/C21H24N2O4/c1-13-5-6-14(16(24)9-13)11-22-23-20(25)19-12-26-17-8-7-15(21(2,3)4)10-18(17)27-19/h5-11,19,24H,12H2,1-4H3,(H,23,25). The number of phenols is 1. The fourth-order valence-electron chi connectivity index (χ4n) is 2.67. The van der Waals surface area contributed by atoms with E-state index < -0.39 is 12.0 Å². The van der Waals surface area contributed by atoms with Gasteiger partial charge in [-0.05, 0) is 47.7 Å². The van der Waals surface area contributed by atoms with Crippen molar-refractivity contribution in [3.05, 3.63) is 53.1 Å². The summed E-state index contributed by atoms with van der Waals surface area (Å²) in [5.41, 5.74) is 4.95. The van der Waals surface area contributed by atoms with Crippen molar-refractivity contribution < 1.29 is 19.4 Å². The summed E-state index contributed by atoms with van der Waals surface area (Å²) in [5, 5.41) is 13.8. The number of phenolic OH excluding ortho intramolecular Hbond substituents is 1. The average molecular weight is 368 g/mol. The number of benzene rings is 2. The first-order chi connectivity index (χ1) is 12.7. The topological polar surface area (TPSA) is 80.2 Å². The van der Waals surface area contributed by atoms with Gasteiger partial charge in [0.05, 0.1) is 6.21 Å². The van der Waals surface area contributed by atoms with Crippen molar-refractivity contribution in [2.75, 3.05) is 6.61 Å². The number of hydrazone groups is 1. The van der Waals surface area contributed by atoms with E-state index in [0.717, 1.165) is 11.1 Å². The SMILES string of the molecule is Cc1ccc(C=NNC(=O)C2COc3ccc(C(C)(C)C)cc3O2)c(O)c1. The molecule has 2 aromatic carbocycles. The van der Waals surface area contributed by atoms with E-state index >= 15 is 0 Å². The highest BCUT2D eigenvalue weighted by Gasteiger charge is 2.28. The average Bonchev–Trinajstić information content (AvgIpc) is 2.61. The molecule has 0 aromatic heterocycles. The Morgan fingerprint density at radius 1 is 1.22 bits per heavy atom. The number of hydrogen-bond donors (Lipinski definition) is 2. The zero-order valence-corrected chi connectivity index (χ0v) is 15.9. The Bertz CT molecular complexity index is 884. The molecule has 2 N–H and O–H groups in total. The van der Waals surface area contributed by atoms with E-state index in [0.29, 0.717) is 17.1 Å². The lowest BCUT2D eigenvalue weighted by Gasteiger charge is -2.27. The second-order valence-electron chi connectivity index (χ2n) is 7.63.